The summed E-state index contributed by atoms with van der Waals surface area (Å²) >= 11 is 6.49. The Labute approximate surface area is 183 Å². The molecule has 0 amide bonds. The van der Waals surface area contributed by atoms with Crippen molar-refractivity contribution in [2.75, 3.05) is 6.61 Å². The molecule has 4 aromatic rings. The second-order valence-corrected chi connectivity index (χ2v) is 7.22. The van der Waals surface area contributed by atoms with Crippen molar-refractivity contribution in [1.29, 1.82) is 0 Å². The zero-order valence-corrected chi connectivity index (χ0v) is 17.7. The Morgan fingerprint density at radius 3 is 2.84 bits per heavy atom. The van der Waals surface area contributed by atoms with Gasteiger partial charge in [-0.25, -0.2) is 9.94 Å². The molecule has 0 bridgehead atoms. The van der Waals surface area contributed by atoms with E-state index in [-0.39, 0.29) is 17.1 Å². The van der Waals surface area contributed by atoms with E-state index >= 15 is 0 Å². The van der Waals surface area contributed by atoms with E-state index in [0.717, 1.165) is 16.8 Å². The first-order chi connectivity index (χ1) is 15.0. The summed E-state index contributed by atoms with van der Waals surface area (Å²) in [4.78, 5) is 16.0. The molecule has 156 valence electrons. The highest BCUT2D eigenvalue weighted by Gasteiger charge is 2.21. The Bertz CT molecular complexity index is 1400. The molecule has 0 aliphatic rings. The molecule has 31 heavy (non-hydrogen) atoms. The van der Waals surface area contributed by atoms with Crippen molar-refractivity contribution in [3.8, 4) is 28.1 Å². The van der Waals surface area contributed by atoms with E-state index in [4.69, 9.17) is 28.6 Å². The van der Waals surface area contributed by atoms with E-state index in [1.807, 2.05) is 25.1 Å². The Morgan fingerprint density at radius 2 is 2.13 bits per heavy atom. The average Bonchev–Trinajstić information content (AvgIpc) is 3.15. The van der Waals surface area contributed by atoms with E-state index in [1.165, 1.54) is 0 Å². The molecule has 3 N–H and O–H groups in total. The highest BCUT2D eigenvalue weighted by molar-refractivity contribution is 6.36. The number of benzene rings is 2. The lowest BCUT2D eigenvalue weighted by atomic mass is 9.97. The van der Waals surface area contributed by atoms with Gasteiger partial charge in [-0.2, -0.15) is 10.2 Å². The fourth-order valence-corrected chi connectivity index (χ4v) is 3.98. The second-order valence-electron chi connectivity index (χ2n) is 6.81. The SMILES string of the molecule is [C-]#[N+]c1c(OCC)cccc1-c1c(-c2cc(Cl)c3c(=O)[nH]nc(CN)c3c2)cnn1C. The summed E-state index contributed by atoms with van der Waals surface area (Å²) in [6.07, 6.45) is 1.70. The number of halogens is 1. The smallest absolute Gasteiger partial charge is 0.273 e. The van der Waals surface area contributed by atoms with Crippen molar-refractivity contribution >= 4 is 28.1 Å². The molecule has 0 saturated carbocycles. The number of aromatic nitrogens is 4. The number of fused-ring (bicyclic) bond motifs is 1. The molecule has 0 spiro atoms. The summed E-state index contributed by atoms with van der Waals surface area (Å²) in [6.45, 7) is 10.2. The molecule has 0 unspecified atom stereocenters. The van der Waals surface area contributed by atoms with E-state index in [9.17, 15) is 4.79 Å². The van der Waals surface area contributed by atoms with Gasteiger partial charge in [-0.1, -0.05) is 23.7 Å². The standard InChI is InChI=1S/C22H19ClN6O2/c1-4-31-18-7-5-6-13(20(18)25-2)21-15(11-26-29(21)3)12-8-14-17(10-24)27-28-22(30)19(14)16(23)9-12/h5-9,11H,4,10,24H2,1,3H3,(H,28,30). The molecule has 0 radical (unpaired) electrons. The number of aryl methyl sites for hydroxylation is 1. The minimum Gasteiger partial charge on any atom is -0.505 e. The molecule has 4 rings (SSSR count). The van der Waals surface area contributed by atoms with Gasteiger partial charge in [-0.3, -0.25) is 9.48 Å². The van der Waals surface area contributed by atoms with Gasteiger partial charge in [0, 0.05) is 30.1 Å². The Morgan fingerprint density at radius 1 is 1.32 bits per heavy atom. The van der Waals surface area contributed by atoms with Gasteiger partial charge in [-0.15, -0.1) is 0 Å². The number of hydrogen-bond donors (Lipinski definition) is 2. The van der Waals surface area contributed by atoms with Crippen LogP contribution in [0.15, 0.2) is 41.3 Å². The zero-order valence-electron chi connectivity index (χ0n) is 16.9. The number of H-pyrrole nitrogens is 1. The first-order valence-electron chi connectivity index (χ1n) is 9.57. The predicted molar refractivity (Wildman–Crippen MR) is 120 cm³/mol. The molecule has 0 aliphatic carbocycles. The maximum Gasteiger partial charge on any atom is 0.273 e. The number of ether oxygens (including phenoxy) is 1. The van der Waals surface area contributed by atoms with E-state index in [2.05, 4.69) is 20.1 Å². The molecule has 9 heteroatoms. The molecule has 2 aromatic carbocycles. The molecule has 0 saturated heterocycles. The number of nitrogens with zero attached hydrogens (tertiary/aromatic N) is 4. The summed E-state index contributed by atoms with van der Waals surface area (Å²) in [6, 6.07) is 9.01. The van der Waals surface area contributed by atoms with Gasteiger partial charge in [0.25, 0.3) is 5.56 Å². The maximum atomic E-state index is 12.3. The van der Waals surface area contributed by atoms with Crippen LogP contribution in [-0.2, 0) is 13.6 Å². The maximum absolute atomic E-state index is 12.3. The summed E-state index contributed by atoms with van der Waals surface area (Å²) in [5, 5.41) is 12.1. The third-order valence-electron chi connectivity index (χ3n) is 5.03. The number of para-hydroxylation sites is 1. The van der Waals surface area contributed by atoms with Crippen LogP contribution < -0.4 is 16.0 Å². The Kier molecular flexibility index (Phi) is 5.46. The minimum atomic E-state index is -0.380. The fraction of sp³-hybridized carbons (Fsp3) is 0.182. The minimum absolute atomic E-state index is 0.144. The number of aromatic amines is 1. The summed E-state index contributed by atoms with van der Waals surface area (Å²) < 4.78 is 7.35. The molecule has 8 nitrogen and oxygen atoms in total. The van der Waals surface area contributed by atoms with Crippen LogP contribution in [0.4, 0.5) is 5.69 Å². The highest BCUT2D eigenvalue weighted by atomic mass is 35.5. The van der Waals surface area contributed by atoms with Crippen LogP contribution in [0.25, 0.3) is 38.0 Å². The van der Waals surface area contributed by atoms with Crippen LogP contribution in [0.5, 0.6) is 5.75 Å². The van der Waals surface area contributed by atoms with Gasteiger partial charge in [0.05, 0.1) is 41.2 Å². The third-order valence-corrected chi connectivity index (χ3v) is 5.33. The zero-order chi connectivity index (χ0) is 22.1. The number of rotatable bonds is 5. The van der Waals surface area contributed by atoms with Crippen LogP contribution in [0.2, 0.25) is 5.02 Å². The van der Waals surface area contributed by atoms with Crippen LogP contribution in [0.3, 0.4) is 0 Å². The van der Waals surface area contributed by atoms with E-state index < -0.39 is 0 Å². The first-order valence-corrected chi connectivity index (χ1v) is 9.94. The fourth-order valence-electron chi connectivity index (χ4n) is 3.68. The van der Waals surface area contributed by atoms with Crippen LogP contribution in [0.1, 0.15) is 12.6 Å². The van der Waals surface area contributed by atoms with Crippen molar-refractivity contribution < 1.29 is 4.74 Å². The van der Waals surface area contributed by atoms with Gasteiger partial charge in [0.15, 0.2) is 0 Å². The molecule has 0 atom stereocenters. The number of nitrogens with one attached hydrogen (secondary N) is 1. The highest BCUT2D eigenvalue weighted by Crippen LogP contribution is 2.43. The van der Waals surface area contributed by atoms with Crippen molar-refractivity contribution in [3.05, 3.63) is 69.0 Å². The predicted octanol–water partition coefficient (Wildman–Crippen LogP) is 4.05. The molecule has 2 aromatic heterocycles. The third kappa shape index (κ3) is 3.44. The molecule has 0 aliphatic heterocycles. The van der Waals surface area contributed by atoms with Gasteiger partial charge in [0.1, 0.15) is 5.75 Å². The van der Waals surface area contributed by atoms with Crippen molar-refractivity contribution in [3.63, 3.8) is 0 Å². The van der Waals surface area contributed by atoms with Gasteiger partial charge in [-0.05, 0) is 30.7 Å². The molecule has 0 fully saturated rings. The Balaban J connectivity index is 2.01. The van der Waals surface area contributed by atoms with E-state index in [0.29, 0.717) is 40.1 Å². The monoisotopic (exact) mass is 434 g/mol. The lowest BCUT2D eigenvalue weighted by Gasteiger charge is -2.13. The summed E-state index contributed by atoms with van der Waals surface area (Å²) in [5.41, 5.74) is 9.29. The summed E-state index contributed by atoms with van der Waals surface area (Å²) in [5.74, 6) is 0.514. The van der Waals surface area contributed by atoms with E-state index in [1.54, 1.807) is 30.1 Å². The van der Waals surface area contributed by atoms with Crippen LogP contribution in [-0.4, -0.2) is 26.6 Å². The van der Waals surface area contributed by atoms with Gasteiger partial charge < -0.3 is 10.5 Å². The quantitative estimate of drug-likeness (QED) is 0.461. The molecular formula is C22H19ClN6O2. The summed E-state index contributed by atoms with van der Waals surface area (Å²) in [7, 11) is 1.81. The number of hydrogen-bond acceptors (Lipinski definition) is 5. The lowest BCUT2D eigenvalue weighted by molar-refractivity contribution is 0.342. The number of nitrogens with two attached hydrogens (primary N) is 1. The van der Waals surface area contributed by atoms with Crippen LogP contribution >= 0.6 is 11.6 Å². The average molecular weight is 435 g/mol. The topological polar surface area (TPSA) is 103 Å². The molecule has 2 heterocycles. The van der Waals surface area contributed by atoms with Crippen molar-refractivity contribution in [1.82, 2.24) is 20.0 Å². The lowest BCUT2D eigenvalue weighted by Crippen LogP contribution is -2.13. The second kappa shape index (κ2) is 8.22. The van der Waals surface area contributed by atoms with Crippen LogP contribution in [0, 0.1) is 6.57 Å². The Hall–Kier alpha value is -3.67. The van der Waals surface area contributed by atoms with Crippen molar-refractivity contribution in [2.45, 2.75) is 13.5 Å². The first kappa shape index (κ1) is 20.6. The largest absolute Gasteiger partial charge is 0.505 e. The normalized spacial score (nSPS) is 10.9. The molecular weight excluding hydrogens is 416 g/mol. The van der Waals surface area contributed by atoms with Gasteiger partial charge in [0.2, 0.25) is 5.69 Å². The van der Waals surface area contributed by atoms with Crippen molar-refractivity contribution in [2.24, 2.45) is 12.8 Å². The van der Waals surface area contributed by atoms with Gasteiger partial charge >= 0.3 is 0 Å².